The summed E-state index contributed by atoms with van der Waals surface area (Å²) in [6.07, 6.45) is -2.54. The van der Waals surface area contributed by atoms with Crippen LogP contribution in [0.5, 0.6) is 5.75 Å². The quantitative estimate of drug-likeness (QED) is 0.359. The maximum Gasteiger partial charge on any atom is 0.422 e. The van der Waals surface area contributed by atoms with E-state index in [0.29, 0.717) is 19.0 Å². The number of hydrogen-bond donors (Lipinski definition) is 2. The van der Waals surface area contributed by atoms with Gasteiger partial charge in [0.2, 0.25) is 0 Å². The van der Waals surface area contributed by atoms with E-state index in [4.69, 9.17) is 4.74 Å². The van der Waals surface area contributed by atoms with E-state index in [1.54, 1.807) is 36.6 Å². The van der Waals surface area contributed by atoms with Crippen molar-refractivity contribution in [1.29, 1.82) is 0 Å². The van der Waals surface area contributed by atoms with Gasteiger partial charge in [0.1, 0.15) is 10.8 Å². The van der Waals surface area contributed by atoms with Gasteiger partial charge in [-0.1, -0.05) is 12.1 Å². The fourth-order valence-corrected chi connectivity index (χ4v) is 2.69. The molecule has 26 heavy (non-hydrogen) atoms. The molecule has 0 aliphatic carbocycles. The van der Waals surface area contributed by atoms with Gasteiger partial charge in [-0.25, -0.2) is 4.98 Å². The Morgan fingerprint density at radius 3 is 2.62 bits per heavy atom. The monoisotopic (exact) mass is 500 g/mol. The molecule has 1 aromatic carbocycles. The van der Waals surface area contributed by atoms with Gasteiger partial charge in [0.15, 0.2) is 12.6 Å². The molecule has 144 valence electrons. The minimum Gasteiger partial charge on any atom is -0.484 e. The van der Waals surface area contributed by atoms with Crippen LogP contribution in [-0.4, -0.2) is 30.8 Å². The smallest absolute Gasteiger partial charge is 0.422 e. The SMILES string of the molecule is CN=C(NCc1cccc(OCC(F)(F)F)c1)NCc1ncc(C)s1.I. The topological polar surface area (TPSA) is 58.5 Å². The lowest BCUT2D eigenvalue weighted by Gasteiger charge is -2.13. The van der Waals surface area contributed by atoms with Crippen molar-refractivity contribution in [2.45, 2.75) is 26.2 Å². The first kappa shape index (κ1) is 22.5. The van der Waals surface area contributed by atoms with E-state index in [9.17, 15) is 13.2 Å². The molecule has 0 amide bonds. The van der Waals surface area contributed by atoms with Crippen LogP contribution in [0.1, 0.15) is 15.4 Å². The fourth-order valence-electron chi connectivity index (χ4n) is 1.96. The molecule has 10 heteroatoms. The summed E-state index contributed by atoms with van der Waals surface area (Å²) in [5.74, 6) is 0.757. The number of guanidine groups is 1. The van der Waals surface area contributed by atoms with E-state index in [2.05, 4.69) is 20.6 Å². The number of nitrogens with one attached hydrogen (secondary N) is 2. The van der Waals surface area contributed by atoms with E-state index < -0.39 is 12.8 Å². The largest absolute Gasteiger partial charge is 0.484 e. The lowest BCUT2D eigenvalue weighted by Crippen LogP contribution is -2.36. The van der Waals surface area contributed by atoms with Crippen LogP contribution in [0.15, 0.2) is 35.5 Å². The van der Waals surface area contributed by atoms with E-state index in [1.165, 1.54) is 6.07 Å². The van der Waals surface area contributed by atoms with Gasteiger partial charge in [-0.05, 0) is 24.6 Å². The molecule has 0 radical (unpaired) electrons. The minimum absolute atomic E-state index is 0. The normalized spacial score (nSPS) is 11.7. The van der Waals surface area contributed by atoms with Gasteiger partial charge in [-0.2, -0.15) is 13.2 Å². The second-order valence-corrected chi connectivity index (χ2v) is 6.51. The third kappa shape index (κ3) is 8.21. The highest BCUT2D eigenvalue weighted by atomic mass is 127. The Bertz CT molecular complexity index is 722. The Kier molecular flexibility index (Phi) is 9.13. The summed E-state index contributed by atoms with van der Waals surface area (Å²) in [5, 5.41) is 7.18. The molecule has 2 aromatic rings. The third-order valence-electron chi connectivity index (χ3n) is 3.06. The van der Waals surface area contributed by atoms with Crippen molar-refractivity contribution in [3.8, 4) is 5.75 Å². The maximum absolute atomic E-state index is 12.2. The van der Waals surface area contributed by atoms with E-state index in [1.807, 2.05) is 13.1 Å². The summed E-state index contributed by atoms with van der Waals surface area (Å²) in [4.78, 5) is 9.50. The predicted octanol–water partition coefficient (Wildman–Crippen LogP) is 3.88. The molecule has 0 saturated heterocycles. The molecule has 0 bridgehead atoms. The highest BCUT2D eigenvalue weighted by Gasteiger charge is 2.28. The highest BCUT2D eigenvalue weighted by Crippen LogP contribution is 2.19. The van der Waals surface area contributed by atoms with Crippen LogP contribution >= 0.6 is 35.3 Å². The van der Waals surface area contributed by atoms with Crippen LogP contribution in [-0.2, 0) is 13.1 Å². The molecule has 0 atom stereocenters. The summed E-state index contributed by atoms with van der Waals surface area (Å²) < 4.78 is 41.4. The molecule has 1 aromatic heterocycles. The standard InChI is InChI=1S/C16H19F3N4OS.HI/c1-11-7-21-14(25-11)9-23-15(20-2)22-8-12-4-3-5-13(6-12)24-10-16(17,18)19;/h3-7H,8-10H2,1-2H3,(H2,20,22,23);1H. The molecular weight excluding hydrogens is 480 g/mol. The molecule has 2 N–H and O–H groups in total. The average Bonchev–Trinajstić information content (AvgIpc) is 2.98. The van der Waals surface area contributed by atoms with Gasteiger partial charge in [0.05, 0.1) is 6.54 Å². The number of rotatable bonds is 6. The zero-order valence-corrected chi connectivity index (χ0v) is 17.4. The van der Waals surface area contributed by atoms with Crippen LogP contribution in [0.3, 0.4) is 0 Å². The first-order valence-corrected chi connectivity index (χ1v) is 8.31. The number of alkyl halides is 3. The number of nitrogens with zero attached hydrogens (tertiary/aromatic N) is 2. The van der Waals surface area contributed by atoms with E-state index in [-0.39, 0.29) is 29.7 Å². The van der Waals surface area contributed by atoms with Gasteiger partial charge in [-0.3, -0.25) is 4.99 Å². The van der Waals surface area contributed by atoms with Gasteiger partial charge in [-0.15, -0.1) is 35.3 Å². The molecule has 1 heterocycles. The van der Waals surface area contributed by atoms with Crippen molar-refractivity contribution in [3.05, 3.63) is 45.9 Å². The Labute approximate surface area is 171 Å². The van der Waals surface area contributed by atoms with Crippen LogP contribution < -0.4 is 15.4 Å². The van der Waals surface area contributed by atoms with Gasteiger partial charge >= 0.3 is 6.18 Å². The molecule has 2 rings (SSSR count). The van der Waals surface area contributed by atoms with Crippen molar-refractivity contribution in [2.24, 2.45) is 4.99 Å². The Morgan fingerprint density at radius 1 is 1.27 bits per heavy atom. The maximum atomic E-state index is 12.2. The third-order valence-corrected chi connectivity index (χ3v) is 3.97. The van der Waals surface area contributed by atoms with E-state index in [0.717, 1.165) is 15.4 Å². The van der Waals surface area contributed by atoms with Crippen LogP contribution in [0.25, 0.3) is 0 Å². The zero-order valence-electron chi connectivity index (χ0n) is 14.3. The van der Waals surface area contributed by atoms with Crippen molar-refractivity contribution < 1.29 is 17.9 Å². The molecule has 0 aliphatic heterocycles. The molecule has 0 aliphatic rings. The summed E-state index contributed by atoms with van der Waals surface area (Å²) in [6, 6.07) is 6.51. The van der Waals surface area contributed by atoms with Crippen LogP contribution in [0.2, 0.25) is 0 Å². The number of hydrogen-bond acceptors (Lipinski definition) is 4. The lowest BCUT2D eigenvalue weighted by molar-refractivity contribution is -0.153. The van der Waals surface area contributed by atoms with Crippen molar-refractivity contribution in [3.63, 3.8) is 0 Å². The highest BCUT2D eigenvalue weighted by molar-refractivity contribution is 14.0. The molecule has 0 saturated carbocycles. The Hall–Kier alpha value is -1.56. The first-order chi connectivity index (χ1) is 11.9. The van der Waals surface area contributed by atoms with Crippen molar-refractivity contribution in [1.82, 2.24) is 15.6 Å². The minimum atomic E-state index is -4.35. The van der Waals surface area contributed by atoms with Crippen LogP contribution in [0.4, 0.5) is 13.2 Å². The second-order valence-electron chi connectivity index (χ2n) is 5.20. The number of aryl methyl sites for hydroxylation is 1. The summed E-state index contributed by atoms with van der Waals surface area (Å²) in [6.45, 7) is 1.63. The number of aliphatic imine (C=N–C) groups is 1. The summed E-state index contributed by atoms with van der Waals surface area (Å²) in [7, 11) is 1.64. The van der Waals surface area contributed by atoms with Gasteiger partial charge in [0, 0.05) is 24.7 Å². The predicted molar refractivity (Wildman–Crippen MR) is 107 cm³/mol. The van der Waals surface area contributed by atoms with Crippen molar-refractivity contribution >= 4 is 41.3 Å². The van der Waals surface area contributed by atoms with Gasteiger partial charge < -0.3 is 15.4 Å². The first-order valence-electron chi connectivity index (χ1n) is 7.50. The molecular formula is C16H20F3IN4OS. The molecule has 0 fully saturated rings. The van der Waals surface area contributed by atoms with Crippen LogP contribution in [0, 0.1) is 6.92 Å². The lowest BCUT2D eigenvalue weighted by atomic mass is 10.2. The number of halogens is 4. The zero-order chi connectivity index (χ0) is 18.3. The number of aromatic nitrogens is 1. The second kappa shape index (κ2) is 10.6. The number of thiazole rings is 1. The van der Waals surface area contributed by atoms with Gasteiger partial charge in [0.25, 0.3) is 0 Å². The Morgan fingerprint density at radius 2 is 2.00 bits per heavy atom. The number of ether oxygens (including phenoxy) is 1. The van der Waals surface area contributed by atoms with E-state index >= 15 is 0 Å². The number of benzene rings is 1. The Balaban J connectivity index is 0.00000338. The molecule has 0 unspecified atom stereocenters. The summed E-state index contributed by atoms with van der Waals surface area (Å²) in [5.41, 5.74) is 0.785. The molecule has 0 spiro atoms. The average molecular weight is 500 g/mol. The fraction of sp³-hybridized carbons (Fsp3) is 0.375. The molecule has 5 nitrogen and oxygen atoms in total. The summed E-state index contributed by atoms with van der Waals surface area (Å²) >= 11 is 1.60. The van der Waals surface area contributed by atoms with Crippen molar-refractivity contribution in [2.75, 3.05) is 13.7 Å².